The zero-order valence-corrected chi connectivity index (χ0v) is 19.0. The van der Waals surface area contributed by atoms with Gasteiger partial charge in [0.2, 0.25) is 11.8 Å². The summed E-state index contributed by atoms with van der Waals surface area (Å²) >= 11 is 0. The van der Waals surface area contributed by atoms with Crippen molar-refractivity contribution in [1.29, 1.82) is 0 Å². The molecule has 1 heterocycles. The highest BCUT2D eigenvalue weighted by atomic mass is 16.5. The van der Waals surface area contributed by atoms with E-state index in [2.05, 4.69) is 22.3 Å². The van der Waals surface area contributed by atoms with Gasteiger partial charge in [0.1, 0.15) is 5.75 Å². The summed E-state index contributed by atoms with van der Waals surface area (Å²) in [4.78, 5) is 28.3. The molecule has 1 N–H and O–H groups in total. The average molecular weight is 435 g/mol. The number of nitrogens with zero attached hydrogens (tertiary/aromatic N) is 1. The van der Waals surface area contributed by atoms with Crippen LogP contribution in [-0.4, -0.2) is 36.4 Å². The number of carbonyl (C=O) groups is 2. The van der Waals surface area contributed by atoms with Crippen molar-refractivity contribution in [2.45, 2.75) is 57.5 Å². The van der Waals surface area contributed by atoms with Crippen molar-refractivity contribution < 1.29 is 14.3 Å². The molecule has 5 heteroatoms. The maximum Gasteiger partial charge on any atom is 0.226 e. The highest BCUT2D eigenvalue weighted by molar-refractivity contribution is 5.87. The van der Waals surface area contributed by atoms with Gasteiger partial charge in [-0.05, 0) is 48.4 Å². The summed E-state index contributed by atoms with van der Waals surface area (Å²) in [5.41, 5.74) is 2.25. The summed E-state index contributed by atoms with van der Waals surface area (Å²) in [6, 6.07) is 18.4. The SMILES string of the molecule is COc1ccc(CNC(=O)C[C@H]2C(=O)N(C3CCCCC3)C[C@@H]2Cc2ccccc2)cc1. The van der Waals surface area contributed by atoms with E-state index in [1.165, 1.54) is 24.8 Å². The zero-order valence-electron chi connectivity index (χ0n) is 19.0. The van der Waals surface area contributed by atoms with Gasteiger partial charge in [0.25, 0.3) is 0 Å². The lowest BCUT2D eigenvalue weighted by atomic mass is 9.87. The Morgan fingerprint density at radius 2 is 1.72 bits per heavy atom. The third kappa shape index (κ3) is 5.50. The minimum atomic E-state index is -0.243. The van der Waals surface area contributed by atoms with E-state index >= 15 is 0 Å². The third-order valence-corrected chi connectivity index (χ3v) is 7.01. The van der Waals surface area contributed by atoms with E-state index in [0.29, 0.717) is 12.6 Å². The van der Waals surface area contributed by atoms with Crippen LogP contribution in [-0.2, 0) is 22.6 Å². The summed E-state index contributed by atoms with van der Waals surface area (Å²) in [6.07, 6.45) is 6.96. The Bertz CT molecular complexity index is 891. The Balaban J connectivity index is 1.41. The molecule has 4 rings (SSSR count). The van der Waals surface area contributed by atoms with Crippen LogP contribution in [0.5, 0.6) is 5.75 Å². The summed E-state index contributed by atoms with van der Waals surface area (Å²) in [6.45, 7) is 1.23. The predicted octanol–water partition coefficient (Wildman–Crippen LogP) is 4.35. The molecule has 5 nitrogen and oxygen atoms in total. The van der Waals surface area contributed by atoms with Crippen molar-refractivity contribution in [3.05, 3.63) is 65.7 Å². The van der Waals surface area contributed by atoms with Crippen LogP contribution in [0.3, 0.4) is 0 Å². The first-order valence-electron chi connectivity index (χ1n) is 11.9. The van der Waals surface area contributed by atoms with Gasteiger partial charge in [-0.1, -0.05) is 61.7 Å². The Hall–Kier alpha value is -2.82. The smallest absolute Gasteiger partial charge is 0.226 e. The van der Waals surface area contributed by atoms with Gasteiger partial charge < -0.3 is 15.0 Å². The van der Waals surface area contributed by atoms with Crippen LogP contribution in [0.4, 0.5) is 0 Å². The van der Waals surface area contributed by atoms with Crippen molar-refractivity contribution in [2.24, 2.45) is 11.8 Å². The number of hydrogen-bond acceptors (Lipinski definition) is 3. The van der Waals surface area contributed by atoms with Gasteiger partial charge in [0.15, 0.2) is 0 Å². The molecule has 32 heavy (non-hydrogen) atoms. The van der Waals surface area contributed by atoms with Gasteiger partial charge in [0.05, 0.1) is 13.0 Å². The van der Waals surface area contributed by atoms with Crippen molar-refractivity contribution in [1.82, 2.24) is 10.2 Å². The van der Waals surface area contributed by atoms with Crippen LogP contribution in [0.15, 0.2) is 54.6 Å². The van der Waals surface area contributed by atoms with Gasteiger partial charge in [-0.2, -0.15) is 0 Å². The van der Waals surface area contributed by atoms with Crippen LogP contribution in [0, 0.1) is 11.8 Å². The van der Waals surface area contributed by atoms with Gasteiger partial charge in [-0.25, -0.2) is 0 Å². The molecule has 170 valence electrons. The fourth-order valence-corrected chi connectivity index (χ4v) is 5.20. The highest BCUT2D eigenvalue weighted by Crippen LogP contribution is 2.35. The normalized spacial score (nSPS) is 21.5. The van der Waals surface area contributed by atoms with E-state index in [9.17, 15) is 9.59 Å². The molecule has 0 aromatic heterocycles. The van der Waals surface area contributed by atoms with Crippen LogP contribution >= 0.6 is 0 Å². The average Bonchev–Trinajstić information content (AvgIpc) is 3.14. The summed E-state index contributed by atoms with van der Waals surface area (Å²) in [7, 11) is 1.64. The first-order valence-corrected chi connectivity index (χ1v) is 11.9. The van der Waals surface area contributed by atoms with E-state index in [-0.39, 0.29) is 30.1 Å². The summed E-state index contributed by atoms with van der Waals surface area (Å²) in [5.74, 6) is 0.856. The molecule has 1 aliphatic heterocycles. The molecule has 0 unspecified atom stereocenters. The lowest BCUT2D eigenvalue weighted by Gasteiger charge is -2.31. The van der Waals surface area contributed by atoms with Crippen LogP contribution < -0.4 is 10.1 Å². The number of methoxy groups -OCH3 is 1. The minimum absolute atomic E-state index is 0.0530. The monoisotopic (exact) mass is 434 g/mol. The molecule has 2 amide bonds. The number of ether oxygens (including phenoxy) is 1. The van der Waals surface area contributed by atoms with Crippen molar-refractivity contribution >= 4 is 11.8 Å². The topological polar surface area (TPSA) is 58.6 Å². The maximum atomic E-state index is 13.4. The van der Waals surface area contributed by atoms with E-state index < -0.39 is 0 Å². The molecule has 1 saturated carbocycles. The van der Waals surface area contributed by atoms with Gasteiger partial charge in [0, 0.05) is 25.6 Å². The predicted molar refractivity (Wildman–Crippen MR) is 125 cm³/mol. The van der Waals surface area contributed by atoms with E-state index in [1.807, 2.05) is 42.5 Å². The number of carbonyl (C=O) groups excluding carboxylic acids is 2. The first-order chi connectivity index (χ1) is 15.6. The van der Waals surface area contributed by atoms with E-state index in [1.54, 1.807) is 7.11 Å². The fraction of sp³-hybridized carbons (Fsp3) is 0.481. The van der Waals surface area contributed by atoms with Crippen molar-refractivity contribution in [2.75, 3.05) is 13.7 Å². The van der Waals surface area contributed by atoms with E-state index in [0.717, 1.165) is 37.1 Å². The van der Waals surface area contributed by atoms with Crippen LogP contribution in [0.1, 0.15) is 49.7 Å². The molecule has 1 aliphatic carbocycles. The Morgan fingerprint density at radius 1 is 1.00 bits per heavy atom. The molecular formula is C27H34N2O3. The number of rotatable bonds is 8. The fourth-order valence-electron chi connectivity index (χ4n) is 5.20. The highest BCUT2D eigenvalue weighted by Gasteiger charge is 2.43. The standard InChI is InChI=1S/C27H34N2O3/c1-32-24-14-12-21(13-15-24)18-28-26(30)17-25-22(16-20-8-4-2-5-9-20)19-29(27(25)31)23-10-6-3-7-11-23/h2,4-5,8-9,12-15,22-23,25H,3,6-7,10-11,16-19H2,1H3,(H,28,30)/t22-,25+/m0/s1. The molecule has 0 radical (unpaired) electrons. The van der Waals surface area contributed by atoms with Gasteiger partial charge in [-0.15, -0.1) is 0 Å². The zero-order chi connectivity index (χ0) is 22.3. The van der Waals surface area contributed by atoms with Crippen molar-refractivity contribution in [3.8, 4) is 5.75 Å². The first kappa shape index (κ1) is 22.4. The molecule has 0 bridgehead atoms. The van der Waals surface area contributed by atoms with Crippen molar-refractivity contribution in [3.63, 3.8) is 0 Å². The number of hydrogen-bond donors (Lipinski definition) is 1. The Kier molecular flexibility index (Phi) is 7.46. The molecule has 2 fully saturated rings. The van der Waals surface area contributed by atoms with Gasteiger partial charge in [-0.3, -0.25) is 9.59 Å². The molecular weight excluding hydrogens is 400 g/mol. The lowest BCUT2D eigenvalue weighted by Crippen LogP contribution is -2.39. The quantitative estimate of drug-likeness (QED) is 0.672. The molecule has 2 aromatic rings. The number of likely N-dealkylation sites (tertiary alicyclic amines) is 1. The molecule has 2 aromatic carbocycles. The Labute approximate surface area is 191 Å². The number of benzene rings is 2. The lowest BCUT2D eigenvalue weighted by molar-refractivity contribution is -0.136. The summed E-state index contributed by atoms with van der Waals surface area (Å²) < 4.78 is 5.19. The van der Waals surface area contributed by atoms with E-state index in [4.69, 9.17) is 4.74 Å². The second-order valence-corrected chi connectivity index (χ2v) is 9.17. The maximum absolute atomic E-state index is 13.4. The van der Waals surface area contributed by atoms with Crippen LogP contribution in [0.25, 0.3) is 0 Å². The second-order valence-electron chi connectivity index (χ2n) is 9.17. The second kappa shape index (κ2) is 10.7. The van der Waals surface area contributed by atoms with Crippen LogP contribution in [0.2, 0.25) is 0 Å². The Morgan fingerprint density at radius 3 is 2.41 bits per heavy atom. The largest absolute Gasteiger partial charge is 0.497 e. The van der Waals surface area contributed by atoms with Gasteiger partial charge >= 0.3 is 0 Å². The third-order valence-electron chi connectivity index (χ3n) is 7.01. The number of amides is 2. The minimum Gasteiger partial charge on any atom is -0.497 e. The summed E-state index contributed by atoms with van der Waals surface area (Å²) in [5, 5.41) is 3.01. The molecule has 2 atom stereocenters. The number of nitrogens with one attached hydrogen (secondary N) is 1. The molecule has 1 saturated heterocycles. The molecule has 0 spiro atoms. The molecule has 2 aliphatic rings.